The van der Waals surface area contributed by atoms with E-state index in [1.165, 1.54) is 0 Å². The predicted octanol–water partition coefficient (Wildman–Crippen LogP) is -2.60. The third-order valence-corrected chi connectivity index (χ3v) is 0.750. The molecule has 0 aliphatic rings. The van der Waals surface area contributed by atoms with Crippen LogP contribution in [0.2, 0.25) is 0 Å². The molecule has 0 aromatic heterocycles. The Morgan fingerprint density at radius 2 is 1.60 bits per heavy atom. The molecule has 0 atom stereocenters. The summed E-state index contributed by atoms with van der Waals surface area (Å²) in [6, 6.07) is 0. The van der Waals surface area contributed by atoms with Gasteiger partial charge in [-0.3, -0.25) is 0 Å². The van der Waals surface area contributed by atoms with E-state index in [0.717, 1.165) is 0 Å². The van der Waals surface area contributed by atoms with Crippen molar-refractivity contribution in [3.05, 3.63) is 5.14 Å². The van der Waals surface area contributed by atoms with Gasteiger partial charge < -0.3 is 5.14 Å². The van der Waals surface area contributed by atoms with Crippen molar-refractivity contribution in [1.82, 2.24) is 4.72 Å². The Labute approximate surface area is 67.3 Å². The maximum atomic E-state index is 10.9. The third-order valence-electron chi connectivity index (χ3n) is 0.250. The number of nitrogens with one attached hydrogen (secondary N) is 2. The van der Waals surface area contributed by atoms with Crippen LogP contribution in [-0.2, 0) is 10.2 Å². The van der Waals surface area contributed by atoms with E-state index in [1.54, 1.807) is 0 Å². The Morgan fingerprint density at radius 1 is 1.30 bits per heavy atom. The van der Waals surface area contributed by atoms with E-state index >= 15 is 0 Å². The van der Waals surface area contributed by atoms with E-state index in [9.17, 15) is 21.6 Å². The quantitative estimate of drug-likeness (QED) is 0.346. The average Bonchev–Trinajstić information content (AvgIpc) is 1.14. The second kappa shape index (κ2) is 3.59. The summed E-state index contributed by atoms with van der Waals surface area (Å²) in [6.07, 6.45) is -5.04. The molecule has 0 radical (unpaired) electrons. The first-order valence-electron chi connectivity index (χ1n) is 1.56. The molecule has 0 amide bonds. The fraction of sp³-hybridized carbons (Fsp3) is 1.00. The van der Waals surface area contributed by atoms with Crippen molar-refractivity contribution in [2.75, 3.05) is 0 Å². The maximum absolute atomic E-state index is 10.9. The summed E-state index contributed by atoms with van der Waals surface area (Å²) in [6.45, 7) is 0. The standard InChI is InChI=1S/CH2F3N2O2S.Li/c2-1(3,4)6-9(5,7)8;/h6H,(H-,5,7,8);/q-1;+1. The third kappa shape index (κ3) is 11.1. The molecule has 9 heteroatoms. The van der Waals surface area contributed by atoms with Gasteiger partial charge in [-0.05, 0) is 0 Å². The van der Waals surface area contributed by atoms with Crippen LogP contribution in [0.5, 0.6) is 0 Å². The molecule has 0 aromatic carbocycles. The minimum Gasteiger partial charge on any atom is -0.550 e. The molecule has 0 rings (SSSR count). The van der Waals surface area contributed by atoms with Gasteiger partial charge in [0.2, 0.25) is 0 Å². The first-order valence-corrected chi connectivity index (χ1v) is 3.04. The van der Waals surface area contributed by atoms with Crippen LogP contribution in [0.25, 0.3) is 5.14 Å². The summed E-state index contributed by atoms with van der Waals surface area (Å²) < 4.78 is 51.9. The van der Waals surface area contributed by atoms with Gasteiger partial charge in [-0.2, -0.15) is 13.2 Å². The van der Waals surface area contributed by atoms with E-state index in [2.05, 4.69) is 0 Å². The topological polar surface area (TPSA) is 70.0 Å². The molecule has 0 aliphatic heterocycles. The van der Waals surface area contributed by atoms with Crippen molar-refractivity contribution in [1.29, 1.82) is 0 Å². The Morgan fingerprint density at radius 3 is 1.60 bits per heavy atom. The number of alkyl halides is 3. The maximum Gasteiger partial charge on any atom is 1.00 e. The summed E-state index contributed by atoms with van der Waals surface area (Å²) in [4.78, 5) is 0. The van der Waals surface area contributed by atoms with Gasteiger partial charge in [-0.1, -0.05) is 0 Å². The van der Waals surface area contributed by atoms with Gasteiger partial charge in [0.1, 0.15) is 10.2 Å². The molecular formula is CH2F3LiN2O2S. The fourth-order valence-corrected chi connectivity index (χ4v) is 0.457. The fourth-order valence-electron chi connectivity index (χ4n) is 0.152. The van der Waals surface area contributed by atoms with Crippen molar-refractivity contribution in [2.45, 2.75) is 6.30 Å². The van der Waals surface area contributed by atoms with Crippen molar-refractivity contribution in [3.63, 3.8) is 0 Å². The van der Waals surface area contributed by atoms with Gasteiger partial charge in [0, 0.05) is 0 Å². The van der Waals surface area contributed by atoms with Crippen LogP contribution in [0.15, 0.2) is 0 Å². The molecule has 0 saturated carbocycles. The van der Waals surface area contributed by atoms with Crippen LogP contribution in [0.1, 0.15) is 0 Å². The van der Waals surface area contributed by atoms with Gasteiger partial charge in [0.25, 0.3) is 0 Å². The van der Waals surface area contributed by atoms with Gasteiger partial charge in [-0.15, -0.1) is 4.72 Å². The van der Waals surface area contributed by atoms with Crippen LogP contribution >= 0.6 is 0 Å². The van der Waals surface area contributed by atoms with Gasteiger partial charge in [-0.25, -0.2) is 8.42 Å². The van der Waals surface area contributed by atoms with E-state index in [0.29, 0.717) is 0 Å². The van der Waals surface area contributed by atoms with Gasteiger partial charge >= 0.3 is 25.2 Å². The zero-order chi connectivity index (χ0) is 7.71. The first-order chi connectivity index (χ1) is 3.71. The number of halogens is 3. The molecule has 0 heterocycles. The molecule has 2 N–H and O–H groups in total. The second-order valence-corrected chi connectivity index (χ2v) is 2.31. The van der Waals surface area contributed by atoms with Crippen LogP contribution in [-0.4, -0.2) is 14.7 Å². The molecule has 0 saturated heterocycles. The van der Waals surface area contributed by atoms with Crippen LogP contribution in [0.4, 0.5) is 13.2 Å². The van der Waals surface area contributed by atoms with Crippen LogP contribution < -0.4 is 23.6 Å². The minimum atomic E-state index is -5.04. The monoisotopic (exact) mass is 170 g/mol. The van der Waals surface area contributed by atoms with Gasteiger partial charge in [0.05, 0.1) is 0 Å². The normalized spacial score (nSPS) is 12.4. The summed E-state index contributed by atoms with van der Waals surface area (Å²) in [5, 5.41) is 5.73. The SMILES string of the molecule is [Li+].[NH-]S(=O)(=O)NC(F)(F)F. The van der Waals surface area contributed by atoms with E-state index in [-0.39, 0.29) is 23.6 Å². The van der Waals surface area contributed by atoms with E-state index < -0.39 is 16.5 Å². The molecule has 0 aliphatic carbocycles. The summed E-state index contributed by atoms with van der Waals surface area (Å²) >= 11 is 0. The van der Waals surface area contributed by atoms with Crippen molar-refractivity contribution < 1.29 is 40.4 Å². The Bertz CT molecular complexity index is 185. The average molecular weight is 170 g/mol. The van der Waals surface area contributed by atoms with E-state index in [1.807, 2.05) is 0 Å². The molecule has 0 aromatic rings. The molecule has 0 unspecified atom stereocenters. The number of hydrogen-bond acceptors (Lipinski definition) is 2. The molecule has 0 fully saturated rings. The van der Waals surface area contributed by atoms with Crippen molar-refractivity contribution in [2.24, 2.45) is 0 Å². The Balaban J connectivity index is 0. The van der Waals surface area contributed by atoms with Crippen LogP contribution in [0.3, 0.4) is 0 Å². The smallest absolute Gasteiger partial charge is 0.550 e. The zero-order valence-corrected chi connectivity index (χ0v) is 5.68. The molecule has 4 nitrogen and oxygen atoms in total. The first kappa shape index (κ1) is 12.9. The largest absolute Gasteiger partial charge is 1.00 e. The molecule has 0 bridgehead atoms. The molecule has 56 valence electrons. The summed E-state index contributed by atoms with van der Waals surface area (Å²) in [5.41, 5.74) is 0. The van der Waals surface area contributed by atoms with E-state index in [4.69, 9.17) is 5.14 Å². The second-order valence-electron chi connectivity index (χ2n) is 1.10. The minimum absolute atomic E-state index is 0. The zero-order valence-electron chi connectivity index (χ0n) is 4.86. The number of hydrogen-bond donors (Lipinski definition) is 1. The van der Waals surface area contributed by atoms with Crippen molar-refractivity contribution in [3.8, 4) is 0 Å². The summed E-state index contributed by atoms with van der Waals surface area (Å²) in [7, 11) is -4.91. The van der Waals surface area contributed by atoms with Gasteiger partial charge in [0.15, 0.2) is 0 Å². The van der Waals surface area contributed by atoms with Crippen molar-refractivity contribution >= 4 is 10.2 Å². The Hall–Kier alpha value is 0.257. The molecule has 0 spiro atoms. The molecular weight excluding hydrogens is 168 g/mol. The Kier molecular flexibility index (Phi) is 4.63. The predicted molar refractivity (Wildman–Crippen MR) is 22.4 cm³/mol. The molecule has 10 heavy (non-hydrogen) atoms. The summed E-state index contributed by atoms with van der Waals surface area (Å²) in [5.74, 6) is 0. The van der Waals surface area contributed by atoms with Crippen LogP contribution in [0, 0.1) is 0 Å². The number of rotatable bonds is 1.